The Morgan fingerprint density at radius 2 is 2.23 bits per heavy atom. The summed E-state index contributed by atoms with van der Waals surface area (Å²) in [4.78, 5) is 12.6. The molecule has 0 bridgehead atoms. The van der Waals surface area contributed by atoms with E-state index in [0.29, 0.717) is 6.54 Å². The zero-order valence-electron chi connectivity index (χ0n) is 8.62. The van der Waals surface area contributed by atoms with Crippen LogP contribution in [0.1, 0.15) is 13.8 Å². The molecule has 13 heavy (non-hydrogen) atoms. The summed E-state index contributed by atoms with van der Waals surface area (Å²) in [5, 5.41) is 8.67. The van der Waals surface area contributed by atoms with Crippen molar-refractivity contribution in [1.82, 2.24) is 4.90 Å². The van der Waals surface area contributed by atoms with Gasteiger partial charge in [0.05, 0.1) is 5.92 Å². The highest BCUT2D eigenvalue weighted by Gasteiger charge is 2.12. The van der Waals surface area contributed by atoms with Gasteiger partial charge in [-0.15, -0.1) is 0 Å². The molecule has 0 aliphatic heterocycles. The minimum Gasteiger partial charge on any atom is -0.481 e. The lowest BCUT2D eigenvalue weighted by Gasteiger charge is -2.18. The van der Waals surface area contributed by atoms with Gasteiger partial charge in [-0.2, -0.15) is 11.8 Å². The third-order valence-corrected chi connectivity index (χ3v) is 2.71. The van der Waals surface area contributed by atoms with Gasteiger partial charge in [0, 0.05) is 18.8 Å². The summed E-state index contributed by atoms with van der Waals surface area (Å²) in [6.45, 7) is 5.48. The van der Waals surface area contributed by atoms with E-state index in [0.717, 1.165) is 18.1 Å². The van der Waals surface area contributed by atoms with Crippen LogP contribution in [-0.4, -0.2) is 47.6 Å². The highest BCUT2D eigenvalue weighted by atomic mass is 32.2. The molecular weight excluding hydrogens is 186 g/mol. The van der Waals surface area contributed by atoms with Crippen molar-refractivity contribution < 1.29 is 9.90 Å². The number of nitrogens with zero attached hydrogens (tertiary/aromatic N) is 1. The highest BCUT2D eigenvalue weighted by molar-refractivity contribution is 7.99. The summed E-state index contributed by atoms with van der Waals surface area (Å²) in [7, 11) is 1.97. The number of hydrogen-bond donors (Lipinski definition) is 1. The number of carbonyl (C=O) groups is 1. The summed E-state index contributed by atoms with van der Waals surface area (Å²) in [6, 6.07) is 0. The maximum atomic E-state index is 10.5. The molecule has 78 valence electrons. The van der Waals surface area contributed by atoms with Crippen molar-refractivity contribution in [3.63, 3.8) is 0 Å². The predicted molar refractivity (Wildman–Crippen MR) is 57.3 cm³/mol. The fourth-order valence-electron chi connectivity index (χ4n) is 1.00. The van der Waals surface area contributed by atoms with Crippen LogP contribution in [0, 0.1) is 5.92 Å². The SMILES string of the molecule is CCSCCN(C)CC(C)C(=O)O. The van der Waals surface area contributed by atoms with Gasteiger partial charge in [-0.05, 0) is 12.8 Å². The number of thioether (sulfide) groups is 1. The molecule has 0 spiro atoms. The van der Waals surface area contributed by atoms with E-state index in [2.05, 4.69) is 11.8 Å². The molecule has 0 aromatic rings. The molecule has 0 rings (SSSR count). The van der Waals surface area contributed by atoms with Crippen molar-refractivity contribution in [2.75, 3.05) is 31.6 Å². The van der Waals surface area contributed by atoms with E-state index in [1.165, 1.54) is 0 Å². The van der Waals surface area contributed by atoms with Crippen LogP contribution in [0.15, 0.2) is 0 Å². The van der Waals surface area contributed by atoms with Gasteiger partial charge in [-0.25, -0.2) is 0 Å². The average Bonchev–Trinajstić information content (AvgIpc) is 2.04. The van der Waals surface area contributed by atoms with Crippen LogP contribution < -0.4 is 0 Å². The molecule has 0 saturated carbocycles. The molecule has 0 amide bonds. The van der Waals surface area contributed by atoms with E-state index in [4.69, 9.17) is 5.11 Å². The second-order valence-electron chi connectivity index (χ2n) is 3.20. The third kappa shape index (κ3) is 6.90. The average molecular weight is 205 g/mol. The summed E-state index contributed by atoms with van der Waals surface area (Å²) in [5.74, 6) is 1.23. The second kappa shape index (κ2) is 7.21. The highest BCUT2D eigenvalue weighted by Crippen LogP contribution is 2.02. The van der Waals surface area contributed by atoms with Crippen molar-refractivity contribution in [2.45, 2.75) is 13.8 Å². The standard InChI is InChI=1S/C9H19NO2S/c1-4-13-6-5-10(3)7-8(2)9(11)12/h8H,4-7H2,1-3H3,(H,11,12). The van der Waals surface area contributed by atoms with Crippen LogP contribution in [0.3, 0.4) is 0 Å². The van der Waals surface area contributed by atoms with E-state index >= 15 is 0 Å². The van der Waals surface area contributed by atoms with Crippen molar-refractivity contribution in [1.29, 1.82) is 0 Å². The van der Waals surface area contributed by atoms with Gasteiger partial charge in [-0.3, -0.25) is 4.79 Å². The van der Waals surface area contributed by atoms with E-state index in [1.807, 2.05) is 18.8 Å². The molecule has 0 radical (unpaired) electrons. The monoisotopic (exact) mass is 205 g/mol. The number of rotatable bonds is 7. The molecule has 1 N–H and O–H groups in total. The smallest absolute Gasteiger partial charge is 0.307 e. The maximum absolute atomic E-state index is 10.5. The van der Waals surface area contributed by atoms with Crippen LogP contribution >= 0.6 is 11.8 Å². The molecule has 0 aromatic heterocycles. The first-order valence-corrected chi connectivity index (χ1v) is 5.72. The predicted octanol–water partition coefficient (Wildman–Crippen LogP) is 1.39. The van der Waals surface area contributed by atoms with Crippen LogP contribution in [0.5, 0.6) is 0 Å². The first kappa shape index (κ1) is 12.8. The lowest BCUT2D eigenvalue weighted by Crippen LogP contribution is -2.30. The second-order valence-corrected chi connectivity index (χ2v) is 4.59. The quantitative estimate of drug-likeness (QED) is 0.638. The molecule has 0 aliphatic carbocycles. The largest absolute Gasteiger partial charge is 0.481 e. The zero-order chi connectivity index (χ0) is 10.3. The Bertz CT molecular complexity index is 153. The molecule has 0 heterocycles. The van der Waals surface area contributed by atoms with Crippen LogP contribution in [0.4, 0.5) is 0 Å². The summed E-state index contributed by atoms with van der Waals surface area (Å²) in [6.07, 6.45) is 0. The maximum Gasteiger partial charge on any atom is 0.307 e. The Balaban J connectivity index is 3.49. The first-order chi connectivity index (χ1) is 6.07. The molecule has 1 unspecified atom stereocenters. The van der Waals surface area contributed by atoms with Crippen LogP contribution in [0.25, 0.3) is 0 Å². The van der Waals surface area contributed by atoms with Gasteiger partial charge < -0.3 is 10.0 Å². The summed E-state index contributed by atoms with van der Waals surface area (Å²) >= 11 is 1.88. The zero-order valence-corrected chi connectivity index (χ0v) is 9.43. The number of carboxylic acid groups (broad SMARTS) is 1. The Morgan fingerprint density at radius 1 is 1.62 bits per heavy atom. The minimum absolute atomic E-state index is 0.267. The molecule has 0 saturated heterocycles. The minimum atomic E-state index is -0.713. The lowest BCUT2D eigenvalue weighted by molar-refractivity contribution is -0.141. The molecule has 0 fully saturated rings. The fraction of sp³-hybridized carbons (Fsp3) is 0.889. The van der Waals surface area contributed by atoms with E-state index in [1.54, 1.807) is 6.92 Å². The van der Waals surface area contributed by atoms with E-state index < -0.39 is 5.97 Å². The van der Waals surface area contributed by atoms with Gasteiger partial charge in [0.1, 0.15) is 0 Å². The molecular formula is C9H19NO2S. The van der Waals surface area contributed by atoms with Gasteiger partial charge >= 0.3 is 5.97 Å². The normalized spacial score (nSPS) is 13.2. The Labute approximate surface area is 84.5 Å². The topological polar surface area (TPSA) is 40.5 Å². The van der Waals surface area contributed by atoms with Crippen LogP contribution in [0.2, 0.25) is 0 Å². The van der Waals surface area contributed by atoms with Crippen molar-refractivity contribution in [3.05, 3.63) is 0 Å². The molecule has 0 aromatic carbocycles. The fourth-order valence-corrected chi connectivity index (χ4v) is 1.73. The molecule has 0 aliphatic rings. The molecule has 3 nitrogen and oxygen atoms in total. The third-order valence-electron chi connectivity index (χ3n) is 1.83. The molecule has 1 atom stereocenters. The number of carboxylic acids is 1. The van der Waals surface area contributed by atoms with Crippen molar-refractivity contribution in [2.24, 2.45) is 5.92 Å². The van der Waals surface area contributed by atoms with Gasteiger partial charge in [-0.1, -0.05) is 13.8 Å². The Kier molecular flexibility index (Phi) is 7.09. The van der Waals surface area contributed by atoms with E-state index in [9.17, 15) is 4.79 Å². The molecule has 4 heteroatoms. The Hall–Kier alpha value is -0.220. The van der Waals surface area contributed by atoms with Gasteiger partial charge in [0.2, 0.25) is 0 Å². The number of aliphatic carboxylic acids is 1. The van der Waals surface area contributed by atoms with Crippen molar-refractivity contribution in [3.8, 4) is 0 Å². The lowest BCUT2D eigenvalue weighted by atomic mass is 10.2. The van der Waals surface area contributed by atoms with Gasteiger partial charge in [0.15, 0.2) is 0 Å². The van der Waals surface area contributed by atoms with Gasteiger partial charge in [0.25, 0.3) is 0 Å². The first-order valence-electron chi connectivity index (χ1n) is 4.57. The van der Waals surface area contributed by atoms with E-state index in [-0.39, 0.29) is 5.92 Å². The van der Waals surface area contributed by atoms with Crippen molar-refractivity contribution >= 4 is 17.7 Å². The number of hydrogen-bond acceptors (Lipinski definition) is 3. The van der Waals surface area contributed by atoms with Crippen LogP contribution in [-0.2, 0) is 4.79 Å². The summed E-state index contributed by atoms with van der Waals surface area (Å²) < 4.78 is 0. The summed E-state index contributed by atoms with van der Waals surface area (Å²) in [5.41, 5.74) is 0. The Morgan fingerprint density at radius 3 is 2.69 bits per heavy atom.